The molecule has 2 aliphatic heterocycles. The van der Waals surface area contributed by atoms with Gasteiger partial charge in [-0.1, -0.05) is 0 Å². The van der Waals surface area contributed by atoms with Crippen LogP contribution in [0.4, 0.5) is 10.1 Å². The summed E-state index contributed by atoms with van der Waals surface area (Å²) in [6.07, 6.45) is -7.76. The third-order valence-corrected chi connectivity index (χ3v) is 2.51. The Labute approximate surface area is 130 Å². The van der Waals surface area contributed by atoms with Crippen LogP contribution in [0.2, 0.25) is 4.24 Å². The van der Waals surface area contributed by atoms with E-state index in [1.54, 1.807) is 0 Å². The summed E-state index contributed by atoms with van der Waals surface area (Å²) in [5.41, 5.74) is -4.05. The highest BCUT2D eigenvalue weighted by Crippen LogP contribution is 2.31. The molecule has 7 heteroatoms. The summed E-state index contributed by atoms with van der Waals surface area (Å²) in [6, 6.07) is -6.72. The van der Waals surface area contributed by atoms with Gasteiger partial charge in [-0.05, 0) is 18.5 Å². The summed E-state index contributed by atoms with van der Waals surface area (Å²) >= 11 is 0. The van der Waals surface area contributed by atoms with Crippen molar-refractivity contribution in [2.45, 2.75) is 25.3 Å². The average molecular weight is 289 g/mol. The third-order valence-electron chi connectivity index (χ3n) is 2.51. The quantitative estimate of drug-likeness (QED) is 0.599. The van der Waals surface area contributed by atoms with Crippen LogP contribution in [0, 0.1) is 5.82 Å². The Morgan fingerprint density at radius 3 is 3.15 bits per heavy atom. The number of nitrogen functional groups attached to an aromatic ring is 1. The number of rotatable bonds is 2. The molecule has 1 atom stereocenters. The van der Waals surface area contributed by atoms with E-state index in [-0.39, 0.29) is 0 Å². The summed E-state index contributed by atoms with van der Waals surface area (Å²) in [5, 5.41) is -0.735. The fourth-order valence-electron chi connectivity index (χ4n) is 1.68. The number of fused-ring (bicyclic) bond motifs is 1. The highest BCUT2D eigenvalue weighted by molar-refractivity contribution is 6.06. The van der Waals surface area contributed by atoms with Gasteiger partial charge in [-0.15, -0.1) is 0 Å². The van der Waals surface area contributed by atoms with Gasteiger partial charge in [0.25, 0.3) is 5.91 Å². The number of nitrogens with zero attached hydrogens (tertiary/aromatic N) is 1. The molecule has 1 aromatic carbocycles. The van der Waals surface area contributed by atoms with E-state index in [0.717, 1.165) is 0 Å². The Bertz CT molecular complexity index is 1100. The van der Waals surface area contributed by atoms with Crippen LogP contribution in [-0.4, -0.2) is 28.6 Å². The number of halogens is 1. The molecule has 20 heavy (non-hydrogen) atoms. The summed E-state index contributed by atoms with van der Waals surface area (Å²) in [6.45, 7) is -3.58. The molecule has 104 valence electrons. The van der Waals surface area contributed by atoms with Gasteiger partial charge in [0.2, 0.25) is 11.8 Å². The minimum absolute atomic E-state index is 0.453. The largest absolute Gasteiger partial charge is 0.398 e. The van der Waals surface area contributed by atoms with Crippen LogP contribution in [0.15, 0.2) is 12.1 Å². The average Bonchev–Trinajstić information content (AvgIpc) is 2.88. The van der Waals surface area contributed by atoms with Gasteiger partial charge in [0.15, 0.2) is 4.24 Å². The molecule has 1 aromatic rings. The second-order valence-electron chi connectivity index (χ2n) is 3.74. The molecule has 2 heterocycles. The number of hydrogen-bond donors (Lipinski definition) is 2. The number of amides is 3. The van der Waals surface area contributed by atoms with E-state index in [2.05, 4.69) is 0 Å². The molecule has 0 aromatic heterocycles. The SMILES string of the molecule is [2H]c1c(F)c([2H])c(N([2H])[2H])c2c1C(=O)N(C1([2H])C(=O)N([2H])C(=O)C([2H])([2H])C1([2H])[2H])C2([2H])[2H]. The number of nitrogens with two attached hydrogens (primary N) is 1. The number of piperidine rings is 1. The molecule has 0 spiro atoms. The number of hydrogen-bond acceptors (Lipinski definition) is 4. The zero-order chi connectivity index (χ0) is 24.9. The van der Waals surface area contributed by atoms with E-state index in [4.69, 9.17) is 16.6 Å². The first kappa shape index (κ1) is 4.83. The summed E-state index contributed by atoms with van der Waals surface area (Å²) < 4.78 is 108. The van der Waals surface area contributed by atoms with Crippen molar-refractivity contribution in [1.29, 1.82) is 0 Å². The number of carbonyl (C=O) groups is 3. The molecule has 0 aliphatic carbocycles. The first-order valence-corrected chi connectivity index (χ1v) is 5.14. The highest BCUT2D eigenvalue weighted by atomic mass is 19.1. The Morgan fingerprint density at radius 1 is 1.60 bits per heavy atom. The number of carbonyl (C=O) groups excluding carboxylic acids is 3. The second kappa shape index (κ2) is 4.29. The standard InChI is InChI=1S/C13H12FN3O3/c14-6-3-7-8(9(15)4-6)5-17(13(7)20)10-1-2-11(18)16-12(10)19/h3-4,10H,1-2,5,15H2,(H,16,18,19)/i1D2,2D2,3D,4D,5D2,10D/hD3. The molecule has 2 aliphatic rings. The minimum atomic E-state index is -3.97. The van der Waals surface area contributed by atoms with Crippen molar-refractivity contribution >= 4 is 23.4 Å². The van der Waals surface area contributed by atoms with E-state index in [1.165, 1.54) is 0 Å². The van der Waals surface area contributed by atoms with Crippen molar-refractivity contribution in [3.05, 3.63) is 29.0 Å². The smallest absolute Gasteiger partial charge is 0.255 e. The molecule has 0 radical (unpaired) electrons. The van der Waals surface area contributed by atoms with Gasteiger partial charge in [-0.25, -0.2) is 4.39 Å². The number of benzene rings is 1. The van der Waals surface area contributed by atoms with Gasteiger partial charge >= 0.3 is 0 Å². The van der Waals surface area contributed by atoms with Crippen molar-refractivity contribution < 1.29 is 35.3 Å². The predicted octanol–water partition coefficient (Wildman–Crippen LogP) is 0.169. The molecule has 3 rings (SSSR count). The third kappa shape index (κ3) is 1.82. The molecule has 6 nitrogen and oxygen atoms in total. The monoisotopic (exact) mass is 289 g/mol. The van der Waals surface area contributed by atoms with Gasteiger partial charge in [-0.2, -0.15) is 0 Å². The van der Waals surface area contributed by atoms with Gasteiger partial charge in [-0.3, -0.25) is 19.7 Å². The zero-order valence-electron chi connectivity index (χ0n) is 21.4. The Balaban J connectivity index is 2.43. The fraction of sp³-hybridized carbons (Fsp3) is 0.308. The van der Waals surface area contributed by atoms with Crippen LogP contribution >= 0.6 is 0 Å². The van der Waals surface area contributed by atoms with Gasteiger partial charge < -0.3 is 10.6 Å². The fourth-order valence-corrected chi connectivity index (χ4v) is 1.68. The Morgan fingerprint density at radius 2 is 2.40 bits per heavy atom. The van der Waals surface area contributed by atoms with Crippen molar-refractivity contribution in [2.24, 2.45) is 0 Å². The number of nitrogens with one attached hydrogen (secondary N) is 1. The first-order valence-electron chi connectivity index (χ1n) is 11.0. The Kier molecular flexibility index (Phi) is 1.04. The molecular weight excluding hydrogens is 265 g/mol. The maximum Gasteiger partial charge on any atom is 0.255 e. The molecule has 0 saturated carbocycles. The molecule has 0 bridgehead atoms. The summed E-state index contributed by atoms with van der Waals surface area (Å²) in [5.74, 6) is -7.80. The maximum atomic E-state index is 14.4. The van der Waals surface area contributed by atoms with Gasteiger partial charge in [0, 0.05) is 35.2 Å². The molecule has 1 fully saturated rings. The highest BCUT2D eigenvalue weighted by Gasteiger charge is 2.39. The van der Waals surface area contributed by atoms with Crippen LogP contribution in [0.25, 0.3) is 0 Å². The summed E-state index contributed by atoms with van der Waals surface area (Å²) in [4.78, 5) is 37.3. The van der Waals surface area contributed by atoms with Crippen molar-refractivity contribution in [2.75, 3.05) is 5.72 Å². The lowest BCUT2D eigenvalue weighted by molar-refractivity contribution is -0.136. The normalized spacial score (nSPS) is 42.1. The lowest BCUT2D eigenvalue weighted by Gasteiger charge is -2.29. The molecular formula is C13H12FN3O3. The number of anilines is 1. The van der Waals surface area contributed by atoms with Crippen molar-refractivity contribution in [1.82, 2.24) is 10.2 Å². The molecule has 1 saturated heterocycles. The molecule has 3 amide bonds. The van der Waals surface area contributed by atoms with E-state index in [9.17, 15) is 18.8 Å². The van der Waals surface area contributed by atoms with Crippen molar-refractivity contribution in [3.63, 3.8) is 0 Å². The Hall–Kier alpha value is -2.44. The van der Waals surface area contributed by atoms with E-state index < -0.39 is 93.6 Å². The van der Waals surface area contributed by atoms with E-state index in [0.29, 0.717) is 0 Å². The van der Waals surface area contributed by atoms with Crippen LogP contribution in [0.1, 0.15) is 41.0 Å². The maximum absolute atomic E-state index is 14.4. The molecule has 1 unspecified atom stereocenters. The van der Waals surface area contributed by atoms with Gasteiger partial charge in [0.05, 0.1) is 6.85 Å². The lowest BCUT2D eigenvalue weighted by Crippen LogP contribution is -2.52. The zero-order valence-corrected chi connectivity index (χ0v) is 9.44. The molecule has 3 N–H and O–H groups in total. The topological polar surface area (TPSA) is 92.5 Å². The first-order chi connectivity index (χ1) is 14.3. The van der Waals surface area contributed by atoms with Crippen LogP contribution in [0.3, 0.4) is 0 Å². The number of imide groups is 1. The van der Waals surface area contributed by atoms with E-state index in [1.807, 2.05) is 0 Å². The predicted molar refractivity (Wildman–Crippen MR) is 66.9 cm³/mol. The summed E-state index contributed by atoms with van der Waals surface area (Å²) in [7, 11) is 0. The van der Waals surface area contributed by atoms with Crippen LogP contribution in [0.5, 0.6) is 0 Å². The van der Waals surface area contributed by atoms with E-state index >= 15 is 0 Å². The van der Waals surface area contributed by atoms with Gasteiger partial charge in [0.1, 0.15) is 11.8 Å². The van der Waals surface area contributed by atoms with Crippen molar-refractivity contribution in [3.8, 4) is 0 Å². The van der Waals surface area contributed by atoms with Crippen LogP contribution in [-0.2, 0) is 16.1 Å². The lowest BCUT2D eigenvalue weighted by atomic mass is 10.0. The van der Waals surface area contributed by atoms with Crippen LogP contribution < -0.4 is 11.0 Å². The minimum Gasteiger partial charge on any atom is -0.398 e. The second-order valence-corrected chi connectivity index (χ2v) is 3.74.